The Balaban J connectivity index is 1.60. The van der Waals surface area contributed by atoms with E-state index in [0.29, 0.717) is 23.1 Å². The second-order valence-corrected chi connectivity index (χ2v) is 9.73. The van der Waals surface area contributed by atoms with Crippen molar-refractivity contribution >= 4 is 17.1 Å². The van der Waals surface area contributed by atoms with Crippen LogP contribution >= 0.6 is 0 Å². The lowest BCUT2D eigenvalue weighted by atomic mass is 9.75. The normalized spacial score (nSPS) is 24.1. The molecule has 1 aliphatic heterocycles. The molecule has 2 unspecified atom stereocenters. The Hall–Kier alpha value is -3.54. The molecule has 6 nitrogen and oxygen atoms in total. The van der Waals surface area contributed by atoms with E-state index in [1.165, 1.54) is 4.57 Å². The number of allylic oxidation sites excluding steroid dienone is 1. The van der Waals surface area contributed by atoms with Crippen molar-refractivity contribution in [3.8, 4) is 11.4 Å². The van der Waals surface area contributed by atoms with Gasteiger partial charge >= 0.3 is 11.7 Å². The maximum absolute atomic E-state index is 13.7. The zero-order valence-corrected chi connectivity index (χ0v) is 19.8. The van der Waals surface area contributed by atoms with Gasteiger partial charge in [-0.1, -0.05) is 81.4 Å². The Bertz CT molecular complexity index is 1290. The Morgan fingerprint density at radius 1 is 0.882 bits per heavy atom. The average molecular weight is 456 g/mol. The molecule has 2 atom stereocenters. The molecule has 2 aromatic carbocycles. The molecule has 6 heteroatoms. The number of carbonyl (C=O) groups is 1. The van der Waals surface area contributed by atoms with Crippen LogP contribution in [0, 0.1) is 17.8 Å². The monoisotopic (exact) mass is 455 g/mol. The second-order valence-electron chi connectivity index (χ2n) is 9.73. The minimum absolute atomic E-state index is 0.163. The van der Waals surface area contributed by atoms with Gasteiger partial charge in [0.15, 0.2) is 11.6 Å². The lowest BCUT2D eigenvalue weighted by molar-refractivity contribution is -0.150. The van der Waals surface area contributed by atoms with Crippen LogP contribution in [-0.4, -0.2) is 26.6 Å². The quantitative estimate of drug-likeness (QED) is 0.526. The van der Waals surface area contributed by atoms with Crippen LogP contribution in [0.15, 0.2) is 65.5 Å². The minimum atomic E-state index is -0.423. The molecule has 174 valence electrons. The van der Waals surface area contributed by atoms with Crippen molar-refractivity contribution in [3.05, 3.63) is 82.5 Å². The second kappa shape index (κ2) is 9.01. The number of carbonyl (C=O) groups excluding carboxylic acids is 1. The van der Waals surface area contributed by atoms with Crippen molar-refractivity contribution in [1.29, 1.82) is 0 Å². The molecule has 1 fully saturated rings. The van der Waals surface area contributed by atoms with E-state index >= 15 is 0 Å². The lowest BCUT2D eigenvalue weighted by Crippen LogP contribution is -2.37. The van der Waals surface area contributed by atoms with Gasteiger partial charge in [0.25, 0.3) is 0 Å². The van der Waals surface area contributed by atoms with Crippen LogP contribution in [0.5, 0.6) is 0 Å². The van der Waals surface area contributed by atoms with Gasteiger partial charge in [0.05, 0.1) is 6.54 Å². The van der Waals surface area contributed by atoms with E-state index in [1.54, 1.807) is 0 Å². The first-order valence-corrected chi connectivity index (χ1v) is 12.0. The van der Waals surface area contributed by atoms with E-state index in [9.17, 15) is 9.59 Å². The largest absolute Gasteiger partial charge is 0.458 e. The zero-order chi connectivity index (χ0) is 23.8. The standard InChI is InChI=1S/C28H29N3O3/c1-17-14-18(2)24(19(3)15-17)34-27(32)23-22(20-10-6-4-7-11-20)16-31-26(23)29-25(30-28(31)33)21-12-8-5-9-13-21/h4-13,17-19,24H,14-16H2,1-3H3. The van der Waals surface area contributed by atoms with Gasteiger partial charge in [-0.05, 0) is 41.7 Å². The summed E-state index contributed by atoms with van der Waals surface area (Å²) in [6.45, 7) is 6.80. The predicted octanol–water partition coefficient (Wildman–Crippen LogP) is 4.84. The van der Waals surface area contributed by atoms with E-state index in [0.717, 1.165) is 29.5 Å². The first-order valence-electron chi connectivity index (χ1n) is 12.0. The highest BCUT2D eigenvalue weighted by atomic mass is 16.5. The van der Waals surface area contributed by atoms with Gasteiger partial charge in [0.1, 0.15) is 11.7 Å². The summed E-state index contributed by atoms with van der Waals surface area (Å²) in [6.07, 6.45) is 1.90. The molecule has 2 aliphatic rings. The van der Waals surface area contributed by atoms with Gasteiger partial charge < -0.3 is 4.74 Å². The molecular formula is C28H29N3O3. The summed E-state index contributed by atoms with van der Waals surface area (Å²) < 4.78 is 7.64. The number of aromatic nitrogens is 3. The van der Waals surface area contributed by atoms with Crippen LogP contribution in [-0.2, 0) is 16.1 Å². The van der Waals surface area contributed by atoms with Crippen molar-refractivity contribution in [1.82, 2.24) is 14.5 Å². The molecule has 1 aromatic heterocycles. The fourth-order valence-electron chi connectivity index (χ4n) is 5.55. The maximum atomic E-state index is 13.7. The lowest BCUT2D eigenvalue weighted by Gasteiger charge is -2.37. The van der Waals surface area contributed by atoms with Gasteiger partial charge in [-0.2, -0.15) is 4.98 Å². The van der Waals surface area contributed by atoms with E-state index in [1.807, 2.05) is 60.7 Å². The minimum Gasteiger partial charge on any atom is -0.458 e. The molecule has 1 saturated carbocycles. The summed E-state index contributed by atoms with van der Waals surface area (Å²) in [5.74, 6) is 1.39. The molecule has 0 N–H and O–H groups in total. The third kappa shape index (κ3) is 4.09. The highest BCUT2D eigenvalue weighted by Crippen LogP contribution is 2.38. The van der Waals surface area contributed by atoms with Crippen molar-refractivity contribution < 1.29 is 9.53 Å². The fraction of sp³-hybridized carbons (Fsp3) is 0.357. The number of hydrogen-bond acceptors (Lipinski definition) is 5. The van der Waals surface area contributed by atoms with Crippen molar-refractivity contribution in [2.45, 2.75) is 46.3 Å². The van der Waals surface area contributed by atoms with Crippen LogP contribution in [0.1, 0.15) is 45.0 Å². The number of fused-ring (bicyclic) bond motifs is 1. The van der Waals surface area contributed by atoms with Gasteiger partial charge in [-0.15, -0.1) is 0 Å². The Kier molecular flexibility index (Phi) is 5.90. The molecular weight excluding hydrogens is 426 g/mol. The van der Waals surface area contributed by atoms with Gasteiger partial charge in [0, 0.05) is 5.56 Å². The third-order valence-corrected chi connectivity index (χ3v) is 7.01. The zero-order valence-electron chi connectivity index (χ0n) is 19.8. The summed E-state index contributed by atoms with van der Waals surface area (Å²) in [6, 6.07) is 19.0. The molecule has 0 radical (unpaired) electrons. The molecule has 34 heavy (non-hydrogen) atoms. The summed E-state index contributed by atoms with van der Waals surface area (Å²) in [5, 5.41) is 0. The van der Waals surface area contributed by atoms with Crippen LogP contribution in [0.4, 0.5) is 0 Å². The highest BCUT2D eigenvalue weighted by Gasteiger charge is 2.38. The first-order chi connectivity index (χ1) is 16.4. The van der Waals surface area contributed by atoms with Crippen molar-refractivity contribution in [2.24, 2.45) is 17.8 Å². The number of hydrogen-bond donors (Lipinski definition) is 0. The third-order valence-electron chi connectivity index (χ3n) is 7.01. The van der Waals surface area contributed by atoms with Gasteiger partial charge in [0.2, 0.25) is 0 Å². The van der Waals surface area contributed by atoms with Gasteiger partial charge in [-0.25, -0.2) is 14.6 Å². The predicted molar refractivity (Wildman–Crippen MR) is 132 cm³/mol. The SMILES string of the molecule is CC1CC(C)C(OC(=O)C2=C(c3ccccc3)Cn3c2nc(-c2ccccc2)nc3=O)C(C)C1. The van der Waals surface area contributed by atoms with Crippen LogP contribution < -0.4 is 5.69 Å². The number of nitrogens with zero attached hydrogens (tertiary/aromatic N) is 3. The molecule has 1 aliphatic carbocycles. The molecule has 0 saturated heterocycles. The first kappa shape index (κ1) is 22.3. The number of ether oxygens (including phenoxy) is 1. The molecule has 0 bridgehead atoms. The number of benzene rings is 2. The van der Waals surface area contributed by atoms with Gasteiger partial charge in [-0.3, -0.25) is 4.57 Å². The molecule has 3 aromatic rings. The van der Waals surface area contributed by atoms with Crippen LogP contribution in [0.2, 0.25) is 0 Å². The van der Waals surface area contributed by atoms with E-state index in [4.69, 9.17) is 9.72 Å². The average Bonchev–Trinajstić information content (AvgIpc) is 3.23. The topological polar surface area (TPSA) is 74.1 Å². The molecule has 0 amide bonds. The van der Waals surface area contributed by atoms with Crippen LogP contribution in [0.25, 0.3) is 22.5 Å². The number of rotatable bonds is 4. The fourth-order valence-corrected chi connectivity index (χ4v) is 5.55. The highest BCUT2D eigenvalue weighted by molar-refractivity contribution is 6.24. The molecule has 5 rings (SSSR count). The summed E-state index contributed by atoms with van der Waals surface area (Å²) in [4.78, 5) is 35.7. The Morgan fingerprint density at radius 3 is 2.09 bits per heavy atom. The van der Waals surface area contributed by atoms with Crippen molar-refractivity contribution in [3.63, 3.8) is 0 Å². The summed E-state index contributed by atoms with van der Waals surface area (Å²) >= 11 is 0. The van der Waals surface area contributed by atoms with Crippen LogP contribution in [0.3, 0.4) is 0 Å². The summed E-state index contributed by atoms with van der Waals surface area (Å²) in [7, 11) is 0. The van der Waals surface area contributed by atoms with Crippen molar-refractivity contribution in [2.75, 3.05) is 0 Å². The van der Waals surface area contributed by atoms with E-state index < -0.39 is 11.7 Å². The smallest absolute Gasteiger partial charge is 0.351 e. The Morgan fingerprint density at radius 2 is 1.47 bits per heavy atom. The molecule has 0 spiro atoms. The molecule has 2 heterocycles. The Labute approximate surface area is 199 Å². The summed E-state index contributed by atoms with van der Waals surface area (Å²) in [5.41, 5.74) is 2.28. The number of esters is 1. The maximum Gasteiger partial charge on any atom is 0.351 e. The van der Waals surface area contributed by atoms with E-state index in [-0.39, 0.29) is 24.5 Å². The van der Waals surface area contributed by atoms with E-state index in [2.05, 4.69) is 25.8 Å².